The van der Waals surface area contributed by atoms with E-state index in [1.54, 1.807) is 16.2 Å². The SMILES string of the molecule is Cc1csc(C)c1C1CN(C(=O)OC(C)(C)C)CC1O. The standard InChI is InChI=1S/C15H23NO3S/c1-9-8-20-10(2)13(9)11-6-16(7-12(11)17)14(18)19-15(3,4)5/h8,11-12,17H,6-7H2,1-5H3. The highest BCUT2D eigenvalue weighted by molar-refractivity contribution is 7.10. The van der Waals surface area contributed by atoms with E-state index in [4.69, 9.17) is 4.74 Å². The largest absolute Gasteiger partial charge is 0.444 e. The maximum absolute atomic E-state index is 12.1. The van der Waals surface area contributed by atoms with Gasteiger partial charge in [-0.3, -0.25) is 0 Å². The zero-order valence-electron chi connectivity index (χ0n) is 12.8. The summed E-state index contributed by atoms with van der Waals surface area (Å²) in [6.07, 6.45) is -0.862. The summed E-state index contributed by atoms with van der Waals surface area (Å²) in [5.41, 5.74) is 1.88. The van der Waals surface area contributed by atoms with E-state index in [-0.39, 0.29) is 12.0 Å². The predicted molar refractivity (Wildman–Crippen MR) is 80.3 cm³/mol. The molecule has 112 valence electrons. The Morgan fingerprint density at radius 3 is 2.55 bits per heavy atom. The van der Waals surface area contributed by atoms with Gasteiger partial charge in [0.25, 0.3) is 0 Å². The van der Waals surface area contributed by atoms with E-state index < -0.39 is 11.7 Å². The molecule has 0 saturated carbocycles. The third-order valence-corrected chi connectivity index (χ3v) is 4.57. The lowest BCUT2D eigenvalue weighted by Crippen LogP contribution is -2.35. The quantitative estimate of drug-likeness (QED) is 0.866. The van der Waals surface area contributed by atoms with E-state index in [9.17, 15) is 9.90 Å². The summed E-state index contributed by atoms with van der Waals surface area (Å²) in [6.45, 7) is 10.5. The molecule has 5 heteroatoms. The van der Waals surface area contributed by atoms with Gasteiger partial charge in [0.05, 0.1) is 12.6 Å². The molecule has 0 spiro atoms. The minimum absolute atomic E-state index is 0.00577. The molecule has 1 aliphatic rings. The van der Waals surface area contributed by atoms with Gasteiger partial charge in [0.15, 0.2) is 0 Å². The number of carbonyl (C=O) groups excluding carboxylic acids is 1. The molecular weight excluding hydrogens is 274 g/mol. The first-order valence-electron chi connectivity index (χ1n) is 6.89. The van der Waals surface area contributed by atoms with Crippen LogP contribution in [0.2, 0.25) is 0 Å². The topological polar surface area (TPSA) is 49.8 Å². The van der Waals surface area contributed by atoms with Crippen molar-refractivity contribution < 1.29 is 14.6 Å². The molecule has 2 heterocycles. The number of ether oxygens (including phenoxy) is 1. The minimum atomic E-state index is -0.519. The predicted octanol–water partition coefficient (Wildman–Crippen LogP) is 3.06. The van der Waals surface area contributed by atoms with E-state index in [1.165, 1.54) is 16.0 Å². The van der Waals surface area contributed by atoms with Crippen LogP contribution in [0.4, 0.5) is 4.79 Å². The van der Waals surface area contributed by atoms with E-state index in [2.05, 4.69) is 19.2 Å². The third kappa shape index (κ3) is 3.15. The highest BCUT2D eigenvalue weighted by atomic mass is 32.1. The van der Waals surface area contributed by atoms with Crippen molar-refractivity contribution in [3.05, 3.63) is 21.4 Å². The van der Waals surface area contributed by atoms with Gasteiger partial charge in [-0.15, -0.1) is 11.3 Å². The van der Waals surface area contributed by atoms with E-state index >= 15 is 0 Å². The van der Waals surface area contributed by atoms with Crippen LogP contribution in [0.3, 0.4) is 0 Å². The van der Waals surface area contributed by atoms with Crippen LogP contribution in [-0.4, -0.2) is 40.9 Å². The van der Waals surface area contributed by atoms with Crippen LogP contribution >= 0.6 is 11.3 Å². The molecule has 1 saturated heterocycles. The van der Waals surface area contributed by atoms with Crippen LogP contribution in [0.15, 0.2) is 5.38 Å². The highest BCUT2D eigenvalue weighted by Gasteiger charge is 2.38. The van der Waals surface area contributed by atoms with Crippen molar-refractivity contribution in [3.8, 4) is 0 Å². The summed E-state index contributed by atoms with van der Waals surface area (Å²) >= 11 is 1.69. The molecule has 1 amide bonds. The van der Waals surface area contributed by atoms with Crippen molar-refractivity contribution in [2.45, 2.75) is 52.2 Å². The molecule has 1 aliphatic heterocycles. The molecule has 4 nitrogen and oxygen atoms in total. The molecule has 1 fully saturated rings. The molecule has 0 aromatic carbocycles. The summed E-state index contributed by atoms with van der Waals surface area (Å²) < 4.78 is 5.37. The Morgan fingerprint density at radius 2 is 2.05 bits per heavy atom. The van der Waals surface area contributed by atoms with Crippen molar-refractivity contribution in [2.75, 3.05) is 13.1 Å². The smallest absolute Gasteiger partial charge is 0.410 e. The van der Waals surface area contributed by atoms with Crippen molar-refractivity contribution in [3.63, 3.8) is 0 Å². The monoisotopic (exact) mass is 297 g/mol. The van der Waals surface area contributed by atoms with E-state index in [1.807, 2.05) is 20.8 Å². The number of rotatable bonds is 1. The average Bonchev–Trinajstić information content (AvgIpc) is 2.81. The molecular formula is C15H23NO3S. The molecule has 20 heavy (non-hydrogen) atoms. The zero-order valence-corrected chi connectivity index (χ0v) is 13.6. The Bertz CT molecular complexity index is 484. The minimum Gasteiger partial charge on any atom is -0.444 e. The Morgan fingerprint density at radius 1 is 1.40 bits per heavy atom. The summed E-state index contributed by atoms with van der Waals surface area (Å²) in [5.74, 6) is -0.00577. The van der Waals surface area contributed by atoms with Gasteiger partial charge in [0.2, 0.25) is 0 Å². The number of aryl methyl sites for hydroxylation is 2. The fourth-order valence-electron chi connectivity index (χ4n) is 2.68. The number of likely N-dealkylation sites (tertiary alicyclic amines) is 1. The van der Waals surface area contributed by atoms with Crippen molar-refractivity contribution in [1.82, 2.24) is 4.90 Å². The van der Waals surface area contributed by atoms with Gasteiger partial charge in [-0.2, -0.15) is 0 Å². The molecule has 2 atom stereocenters. The van der Waals surface area contributed by atoms with Gasteiger partial charge < -0.3 is 14.7 Å². The van der Waals surface area contributed by atoms with Crippen LogP contribution in [0.5, 0.6) is 0 Å². The molecule has 2 rings (SSSR count). The van der Waals surface area contributed by atoms with E-state index in [0.717, 1.165) is 0 Å². The van der Waals surface area contributed by atoms with Gasteiger partial charge in [-0.1, -0.05) is 0 Å². The highest BCUT2D eigenvalue weighted by Crippen LogP contribution is 2.35. The number of hydrogen-bond donors (Lipinski definition) is 1. The maximum atomic E-state index is 12.1. The number of thiophene rings is 1. The van der Waals surface area contributed by atoms with Crippen LogP contribution in [0.25, 0.3) is 0 Å². The number of β-amino-alcohol motifs (C(OH)–C–C–N with tert-alkyl or cyclic N) is 1. The van der Waals surface area contributed by atoms with Crippen LogP contribution in [0, 0.1) is 13.8 Å². The van der Waals surface area contributed by atoms with Gasteiger partial charge in [0, 0.05) is 17.3 Å². The second-order valence-electron chi connectivity index (χ2n) is 6.45. The van der Waals surface area contributed by atoms with Gasteiger partial charge in [-0.05, 0) is 51.1 Å². The first kappa shape index (κ1) is 15.3. The third-order valence-electron chi connectivity index (χ3n) is 3.53. The fraction of sp³-hybridized carbons (Fsp3) is 0.667. The Balaban J connectivity index is 2.12. The number of amides is 1. The number of aliphatic hydroxyl groups is 1. The molecule has 1 aromatic rings. The number of hydrogen-bond acceptors (Lipinski definition) is 4. The first-order chi connectivity index (χ1) is 9.19. The summed E-state index contributed by atoms with van der Waals surface area (Å²) in [6, 6.07) is 0. The molecule has 0 radical (unpaired) electrons. The Kier molecular flexibility index (Phi) is 4.12. The van der Waals surface area contributed by atoms with E-state index in [0.29, 0.717) is 13.1 Å². The normalized spacial score (nSPS) is 23.2. The summed E-state index contributed by atoms with van der Waals surface area (Å²) in [5, 5.41) is 12.4. The van der Waals surface area contributed by atoms with Gasteiger partial charge >= 0.3 is 6.09 Å². The fourth-order valence-corrected chi connectivity index (χ4v) is 3.60. The molecule has 1 N–H and O–H groups in total. The summed E-state index contributed by atoms with van der Waals surface area (Å²) in [7, 11) is 0. The lowest BCUT2D eigenvalue weighted by molar-refractivity contribution is 0.0270. The Labute approximate surface area is 124 Å². The molecule has 2 unspecified atom stereocenters. The van der Waals surface area contributed by atoms with Crippen LogP contribution < -0.4 is 0 Å². The first-order valence-corrected chi connectivity index (χ1v) is 7.77. The maximum Gasteiger partial charge on any atom is 0.410 e. The molecule has 1 aromatic heterocycles. The van der Waals surface area contributed by atoms with Crippen molar-refractivity contribution in [1.29, 1.82) is 0 Å². The second kappa shape index (κ2) is 5.37. The van der Waals surface area contributed by atoms with Gasteiger partial charge in [-0.25, -0.2) is 4.79 Å². The zero-order chi connectivity index (χ0) is 15.1. The average molecular weight is 297 g/mol. The lowest BCUT2D eigenvalue weighted by Gasteiger charge is -2.24. The summed E-state index contributed by atoms with van der Waals surface area (Å²) in [4.78, 5) is 14.9. The number of carbonyl (C=O) groups is 1. The van der Waals surface area contributed by atoms with Crippen molar-refractivity contribution in [2.24, 2.45) is 0 Å². The van der Waals surface area contributed by atoms with Gasteiger partial charge in [0.1, 0.15) is 5.60 Å². The van der Waals surface area contributed by atoms with Crippen molar-refractivity contribution >= 4 is 17.4 Å². The lowest BCUT2D eigenvalue weighted by atomic mass is 9.94. The molecule has 0 bridgehead atoms. The molecule has 0 aliphatic carbocycles. The second-order valence-corrected chi connectivity index (χ2v) is 7.53. The number of nitrogens with zero attached hydrogens (tertiary/aromatic N) is 1. The van der Waals surface area contributed by atoms with Crippen LogP contribution in [0.1, 0.15) is 42.7 Å². The Hall–Kier alpha value is -1.07. The number of aliphatic hydroxyl groups excluding tert-OH is 1. The van der Waals surface area contributed by atoms with Crippen LogP contribution in [-0.2, 0) is 4.74 Å².